The van der Waals surface area contributed by atoms with Gasteiger partial charge >= 0.3 is 6.18 Å². The third-order valence-corrected chi connectivity index (χ3v) is 4.11. The fourth-order valence-electron chi connectivity index (χ4n) is 2.77. The first kappa shape index (κ1) is 18.8. The van der Waals surface area contributed by atoms with Crippen LogP contribution < -0.4 is 14.8 Å². The van der Waals surface area contributed by atoms with Crippen molar-refractivity contribution in [3.63, 3.8) is 0 Å². The second-order valence-corrected chi connectivity index (χ2v) is 5.88. The lowest BCUT2D eigenvalue weighted by atomic mass is 10.1. The lowest BCUT2D eigenvalue weighted by Gasteiger charge is -2.20. The largest absolute Gasteiger partial charge is 0.497 e. The zero-order valence-corrected chi connectivity index (χ0v) is 15.0. The maximum Gasteiger partial charge on any atom is 0.451 e. The third kappa shape index (κ3) is 3.89. The van der Waals surface area contributed by atoms with Gasteiger partial charge in [0.1, 0.15) is 17.3 Å². The summed E-state index contributed by atoms with van der Waals surface area (Å²) >= 11 is 0. The van der Waals surface area contributed by atoms with Gasteiger partial charge in [0.25, 0.3) is 0 Å². The predicted molar refractivity (Wildman–Crippen MR) is 96.1 cm³/mol. The van der Waals surface area contributed by atoms with Gasteiger partial charge in [-0.25, -0.2) is 9.97 Å². The molecule has 1 atom stereocenters. The summed E-state index contributed by atoms with van der Waals surface area (Å²) in [6.45, 7) is 1.81. The first-order valence-corrected chi connectivity index (χ1v) is 8.16. The van der Waals surface area contributed by atoms with E-state index in [1.807, 2.05) is 0 Å². The summed E-state index contributed by atoms with van der Waals surface area (Å²) in [5.74, 6) is 0.118. The predicted octanol–water partition coefficient (Wildman–Crippen LogP) is 4.84. The van der Waals surface area contributed by atoms with Crippen LogP contribution in [0, 0.1) is 0 Å². The Morgan fingerprint density at radius 3 is 2.41 bits per heavy atom. The highest BCUT2D eigenvalue weighted by atomic mass is 19.4. The zero-order chi connectivity index (χ0) is 19.6. The van der Waals surface area contributed by atoms with Gasteiger partial charge in [-0.1, -0.05) is 12.1 Å². The Bertz CT molecular complexity index is 961. The molecule has 1 aromatic heterocycles. The van der Waals surface area contributed by atoms with Crippen LogP contribution in [-0.2, 0) is 6.18 Å². The number of nitrogens with zero attached hydrogens (tertiary/aromatic N) is 2. The van der Waals surface area contributed by atoms with Crippen molar-refractivity contribution in [1.29, 1.82) is 0 Å². The van der Waals surface area contributed by atoms with E-state index in [9.17, 15) is 13.2 Å². The number of halogens is 3. The van der Waals surface area contributed by atoms with E-state index in [1.165, 1.54) is 20.3 Å². The highest BCUT2D eigenvalue weighted by molar-refractivity contribution is 5.89. The van der Waals surface area contributed by atoms with Gasteiger partial charge in [-0.15, -0.1) is 0 Å². The Hall–Kier alpha value is -3.03. The van der Waals surface area contributed by atoms with Crippen LogP contribution in [0.4, 0.5) is 19.0 Å². The lowest BCUT2D eigenvalue weighted by molar-refractivity contribution is -0.144. The molecule has 1 unspecified atom stereocenters. The molecule has 0 saturated heterocycles. The molecule has 0 fully saturated rings. The van der Waals surface area contributed by atoms with Crippen molar-refractivity contribution in [1.82, 2.24) is 9.97 Å². The summed E-state index contributed by atoms with van der Waals surface area (Å²) in [5, 5.41) is 3.55. The van der Waals surface area contributed by atoms with E-state index in [4.69, 9.17) is 9.47 Å². The average molecular weight is 377 g/mol. The van der Waals surface area contributed by atoms with Gasteiger partial charge in [0.2, 0.25) is 5.82 Å². The van der Waals surface area contributed by atoms with Crippen molar-refractivity contribution in [3.05, 3.63) is 53.9 Å². The number of methoxy groups -OCH3 is 2. The Labute approximate surface area is 154 Å². The molecule has 0 amide bonds. The molecule has 3 rings (SSSR count). The Balaban J connectivity index is 2.06. The quantitative estimate of drug-likeness (QED) is 0.690. The van der Waals surface area contributed by atoms with E-state index < -0.39 is 18.0 Å². The Kier molecular flexibility index (Phi) is 5.07. The molecule has 0 aliphatic rings. The van der Waals surface area contributed by atoms with Crippen LogP contribution in [0.2, 0.25) is 0 Å². The molecule has 142 valence electrons. The minimum atomic E-state index is -4.64. The minimum absolute atomic E-state index is 0.102. The van der Waals surface area contributed by atoms with Crippen LogP contribution in [0.1, 0.15) is 24.4 Å². The number of anilines is 1. The van der Waals surface area contributed by atoms with E-state index in [2.05, 4.69) is 15.3 Å². The normalized spacial score (nSPS) is 12.7. The second-order valence-electron chi connectivity index (χ2n) is 5.88. The fourth-order valence-corrected chi connectivity index (χ4v) is 2.77. The highest BCUT2D eigenvalue weighted by Gasteiger charge is 2.35. The number of nitrogens with one attached hydrogen (secondary N) is 1. The van der Waals surface area contributed by atoms with Crippen molar-refractivity contribution in [2.45, 2.75) is 19.1 Å². The van der Waals surface area contributed by atoms with Crippen LogP contribution in [-0.4, -0.2) is 24.2 Å². The summed E-state index contributed by atoms with van der Waals surface area (Å²) in [6, 6.07) is 11.4. The van der Waals surface area contributed by atoms with Crippen molar-refractivity contribution in [3.8, 4) is 11.5 Å². The van der Waals surface area contributed by atoms with Crippen molar-refractivity contribution < 1.29 is 22.6 Å². The SMILES string of the molecule is COc1ccc(OC)c(C(C)Nc2nc(C(F)(F)F)nc3ccccc23)c1. The van der Waals surface area contributed by atoms with Crippen molar-refractivity contribution in [2.24, 2.45) is 0 Å². The van der Waals surface area contributed by atoms with Gasteiger partial charge in [-0.05, 0) is 37.3 Å². The maximum atomic E-state index is 13.2. The smallest absolute Gasteiger partial charge is 0.451 e. The molecule has 0 aliphatic carbocycles. The molecule has 0 bridgehead atoms. The number of benzene rings is 2. The molecule has 0 aliphatic heterocycles. The summed E-state index contributed by atoms with van der Waals surface area (Å²) < 4.78 is 50.1. The third-order valence-electron chi connectivity index (χ3n) is 4.11. The molecule has 0 saturated carbocycles. The fraction of sp³-hybridized carbons (Fsp3) is 0.263. The molecule has 0 spiro atoms. The molecule has 8 heteroatoms. The molecule has 5 nitrogen and oxygen atoms in total. The Morgan fingerprint density at radius 1 is 1.00 bits per heavy atom. The molecular weight excluding hydrogens is 359 g/mol. The van der Waals surface area contributed by atoms with Crippen LogP contribution >= 0.6 is 0 Å². The standard InChI is InChI=1S/C19H18F3N3O2/c1-11(14-10-12(26-2)8-9-16(14)27-3)23-17-13-6-4-5-7-15(13)24-18(25-17)19(20,21)22/h4-11H,1-3H3,(H,23,24,25). The second kappa shape index (κ2) is 7.30. The van der Waals surface area contributed by atoms with Crippen LogP contribution in [0.15, 0.2) is 42.5 Å². The first-order valence-electron chi connectivity index (χ1n) is 8.16. The molecule has 1 N–H and O–H groups in total. The lowest BCUT2D eigenvalue weighted by Crippen LogP contribution is -2.15. The zero-order valence-electron chi connectivity index (χ0n) is 15.0. The number of ether oxygens (including phenoxy) is 2. The van der Waals surface area contributed by atoms with E-state index in [1.54, 1.807) is 43.3 Å². The number of para-hydroxylation sites is 1. The molecular formula is C19H18F3N3O2. The number of rotatable bonds is 5. The summed E-state index contributed by atoms with van der Waals surface area (Å²) in [7, 11) is 3.07. The van der Waals surface area contributed by atoms with E-state index >= 15 is 0 Å². The van der Waals surface area contributed by atoms with E-state index in [0.29, 0.717) is 16.9 Å². The van der Waals surface area contributed by atoms with Crippen LogP contribution in [0.25, 0.3) is 10.9 Å². The molecule has 3 aromatic rings. The minimum Gasteiger partial charge on any atom is -0.497 e. The van der Waals surface area contributed by atoms with Gasteiger partial charge in [0, 0.05) is 10.9 Å². The van der Waals surface area contributed by atoms with Gasteiger partial charge in [0.15, 0.2) is 0 Å². The van der Waals surface area contributed by atoms with Gasteiger partial charge in [-0.2, -0.15) is 13.2 Å². The molecule has 27 heavy (non-hydrogen) atoms. The molecule has 0 radical (unpaired) electrons. The van der Waals surface area contributed by atoms with Crippen LogP contribution in [0.3, 0.4) is 0 Å². The highest BCUT2D eigenvalue weighted by Crippen LogP contribution is 2.34. The van der Waals surface area contributed by atoms with E-state index in [0.717, 1.165) is 5.56 Å². The van der Waals surface area contributed by atoms with E-state index in [-0.39, 0.29) is 11.3 Å². The average Bonchev–Trinajstić information content (AvgIpc) is 2.66. The van der Waals surface area contributed by atoms with Crippen LogP contribution in [0.5, 0.6) is 11.5 Å². The van der Waals surface area contributed by atoms with Crippen molar-refractivity contribution in [2.75, 3.05) is 19.5 Å². The first-order chi connectivity index (χ1) is 12.8. The van der Waals surface area contributed by atoms with Gasteiger partial charge in [-0.3, -0.25) is 0 Å². The van der Waals surface area contributed by atoms with Crippen molar-refractivity contribution >= 4 is 16.7 Å². The number of fused-ring (bicyclic) bond motifs is 1. The summed E-state index contributed by atoms with van der Waals surface area (Å²) in [5.41, 5.74) is 0.945. The molecule has 1 heterocycles. The maximum absolute atomic E-state index is 13.2. The topological polar surface area (TPSA) is 56.3 Å². The Morgan fingerprint density at radius 2 is 1.74 bits per heavy atom. The summed E-state index contributed by atoms with van der Waals surface area (Å²) in [4.78, 5) is 7.34. The summed E-state index contributed by atoms with van der Waals surface area (Å²) in [6.07, 6.45) is -4.64. The number of alkyl halides is 3. The molecule has 2 aromatic carbocycles. The number of hydrogen-bond acceptors (Lipinski definition) is 5. The number of aromatic nitrogens is 2. The van der Waals surface area contributed by atoms with Gasteiger partial charge in [0.05, 0.1) is 25.8 Å². The monoisotopic (exact) mass is 377 g/mol. The van der Waals surface area contributed by atoms with Gasteiger partial charge < -0.3 is 14.8 Å². The number of hydrogen-bond donors (Lipinski definition) is 1.